The lowest BCUT2D eigenvalue weighted by molar-refractivity contribution is 0.254. The molecule has 5 heteroatoms. The van der Waals surface area contributed by atoms with Crippen molar-refractivity contribution in [2.24, 2.45) is 0 Å². The van der Waals surface area contributed by atoms with E-state index in [4.69, 9.17) is 4.74 Å². The highest BCUT2D eigenvalue weighted by Crippen LogP contribution is 2.18. The Labute approximate surface area is 171 Å². The van der Waals surface area contributed by atoms with E-state index in [0.29, 0.717) is 6.61 Å². The molecular weight excluding hydrogens is 366 g/mol. The fraction of sp³-hybridized carbons (Fsp3) is 0.348. The highest BCUT2D eigenvalue weighted by molar-refractivity contribution is 7.09. The van der Waals surface area contributed by atoms with E-state index in [1.54, 1.807) is 11.3 Å². The molecule has 4 nitrogen and oxygen atoms in total. The van der Waals surface area contributed by atoms with Gasteiger partial charge < -0.3 is 10.1 Å². The van der Waals surface area contributed by atoms with Crippen molar-refractivity contribution in [3.63, 3.8) is 0 Å². The van der Waals surface area contributed by atoms with Gasteiger partial charge in [0.2, 0.25) is 0 Å². The summed E-state index contributed by atoms with van der Waals surface area (Å²) >= 11 is 1.66. The van der Waals surface area contributed by atoms with Crippen LogP contribution in [0.15, 0.2) is 53.9 Å². The lowest BCUT2D eigenvalue weighted by atomic mass is 10.00. The van der Waals surface area contributed by atoms with Crippen LogP contribution in [0.25, 0.3) is 0 Å². The Hall–Kier alpha value is -2.21. The van der Waals surface area contributed by atoms with Crippen LogP contribution in [0, 0.1) is 6.92 Å². The van der Waals surface area contributed by atoms with E-state index in [-0.39, 0.29) is 0 Å². The van der Waals surface area contributed by atoms with Gasteiger partial charge in [0.25, 0.3) is 0 Å². The average Bonchev–Trinajstić information content (AvgIpc) is 3.15. The van der Waals surface area contributed by atoms with Gasteiger partial charge >= 0.3 is 0 Å². The van der Waals surface area contributed by atoms with Gasteiger partial charge in [0.05, 0.1) is 10.7 Å². The second-order valence-electron chi connectivity index (χ2n) is 7.26. The summed E-state index contributed by atoms with van der Waals surface area (Å²) in [5.41, 5.74) is 5.27. The monoisotopic (exact) mass is 393 g/mol. The fourth-order valence-electron chi connectivity index (χ4n) is 3.55. The molecule has 3 aromatic rings. The molecule has 4 rings (SSSR count). The number of nitrogens with zero attached hydrogens (tertiary/aromatic N) is 2. The molecule has 0 fully saturated rings. The molecule has 0 spiro atoms. The van der Waals surface area contributed by atoms with Crippen LogP contribution >= 0.6 is 11.3 Å². The number of fused-ring (bicyclic) bond motifs is 1. The molecule has 0 saturated carbocycles. The van der Waals surface area contributed by atoms with Crippen LogP contribution < -0.4 is 10.1 Å². The summed E-state index contributed by atoms with van der Waals surface area (Å²) in [6, 6.07) is 17.1. The highest BCUT2D eigenvalue weighted by atomic mass is 32.1. The molecule has 0 saturated heterocycles. The Bertz CT molecular complexity index is 891. The molecule has 0 bridgehead atoms. The van der Waals surface area contributed by atoms with Gasteiger partial charge in [0, 0.05) is 38.1 Å². The Morgan fingerprint density at radius 3 is 2.71 bits per heavy atom. The zero-order chi connectivity index (χ0) is 19.2. The van der Waals surface area contributed by atoms with Gasteiger partial charge in [-0.1, -0.05) is 36.4 Å². The summed E-state index contributed by atoms with van der Waals surface area (Å²) < 4.78 is 5.81. The molecule has 0 aliphatic carbocycles. The number of rotatable bonds is 8. The minimum Gasteiger partial charge on any atom is -0.487 e. The van der Waals surface area contributed by atoms with Crippen molar-refractivity contribution in [3.8, 4) is 5.75 Å². The number of thiazole rings is 1. The van der Waals surface area contributed by atoms with Crippen molar-refractivity contribution in [1.82, 2.24) is 15.2 Å². The second kappa shape index (κ2) is 9.32. The van der Waals surface area contributed by atoms with Crippen LogP contribution in [0.2, 0.25) is 0 Å². The first kappa shape index (κ1) is 19.1. The number of benzene rings is 2. The summed E-state index contributed by atoms with van der Waals surface area (Å²) in [5, 5.41) is 6.69. The van der Waals surface area contributed by atoms with Gasteiger partial charge in [-0.3, -0.25) is 4.90 Å². The Morgan fingerprint density at radius 1 is 1.11 bits per heavy atom. The van der Waals surface area contributed by atoms with E-state index in [1.807, 2.05) is 19.1 Å². The summed E-state index contributed by atoms with van der Waals surface area (Å²) in [5.74, 6) is 0.890. The van der Waals surface area contributed by atoms with Crippen LogP contribution in [0.4, 0.5) is 0 Å². The van der Waals surface area contributed by atoms with Crippen LogP contribution in [-0.2, 0) is 26.1 Å². The molecule has 1 aliphatic heterocycles. The first-order chi connectivity index (χ1) is 13.8. The van der Waals surface area contributed by atoms with Gasteiger partial charge in [-0.15, -0.1) is 11.3 Å². The predicted molar refractivity (Wildman–Crippen MR) is 115 cm³/mol. The SMILES string of the molecule is Cc1nc(COc2ccc(CNCCN3CCc4ccccc4C3)cc2)cs1. The lowest BCUT2D eigenvalue weighted by Gasteiger charge is -2.28. The first-order valence-corrected chi connectivity index (χ1v) is 10.8. The highest BCUT2D eigenvalue weighted by Gasteiger charge is 2.14. The van der Waals surface area contributed by atoms with Gasteiger partial charge in [-0.2, -0.15) is 0 Å². The molecule has 0 radical (unpaired) electrons. The molecule has 0 unspecified atom stereocenters. The zero-order valence-corrected chi connectivity index (χ0v) is 17.2. The molecule has 1 aromatic heterocycles. The molecule has 28 heavy (non-hydrogen) atoms. The quantitative estimate of drug-likeness (QED) is 0.583. The van der Waals surface area contributed by atoms with E-state index in [1.165, 1.54) is 16.7 Å². The average molecular weight is 394 g/mol. The standard InChI is InChI=1S/C23H27N3OS/c1-18-25-22(17-28-18)16-27-23-8-6-19(7-9-23)14-24-11-13-26-12-10-20-4-2-3-5-21(20)15-26/h2-9,17,24H,10-16H2,1H3. The van der Waals surface area contributed by atoms with Gasteiger partial charge in [0.15, 0.2) is 0 Å². The Morgan fingerprint density at radius 2 is 1.93 bits per heavy atom. The molecule has 0 amide bonds. The number of hydrogen-bond acceptors (Lipinski definition) is 5. The Balaban J connectivity index is 1.16. The summed E-state index contributed by atoms with van der Waals surface area (Å²) in [7, 11) is 0. The maximum atomic E-state index is 5.81. The minimum atomic E-state index is 0.529. The zero-order valence-electron chi connectivity index (χ0n) is 16.4. The molecule has 0 atom stereocenters. The van der Waals surface area contributed by atoms with Gasteiger partial charge in [0.1, 0.15) is 12.4 Å². The van der Waals surface area contributed by atoms with Crippen molar-refractivity contribution in [1.29, 1.82) is 0 Å². The minimum absolute atomic E-state index is 0.529. The fourth-order valence-corrected chi connectivity index (χ4v) is 4.15. The van der Waals surface area contributed by atoms with Crippen molar-refractivity contribution >= 4 is 11.3 Å². The third-order valence-corrected chi connectivity index (χ3v) is 5.94. The maximum absolute atomic E-state index is 5.81. The number of nitrogens with one attached hydrogen (secondary N) is 1. The number of ether oxygens (including phenoxy) is 1. The maximum Gasteiger partial charge on any atom is 0.131 e. The number of aromatic nitrogens is 1. The van der Waals surface area contributed by atoms with E-state index >= 15 is 0 Å². The third kappa shape index (κ3) is 5.19. The molecule has 146 valence electrons. The molecule has 1 aliphatic rings. The number of aryl methyl sites for hydroxylation is 1. The van der Waals surface area contributed by atoms with Crippen LogP contribution in [-0.4, -0.2) is 29.5 Å². The van der Waals surface area contributed by atoms with Crippen molar-refractivity contribution in [2.75, 3.05) is 19.6 Å². The van der Waals surface area contributed by atoms with Crippen LogP contribution in [0.1, 0.15) is 27.4 Å². The van der Waals surface area contributed by atoms with Crippen molar-refractivity contribution in [2.45, 2.75) is 33.0 Å². The smallest absolute Gasteiger partial charge is 0.131 e. The summed E-state index contributed by atoms with van der Waals surface area (Å²) in [6.45, 7) is 7.74. The van der Waals surface area contributed by atoms with Crippen LogP contribution in [0.5, 0.6) is 5.75 Å². The summed E-state index contributed by atoms with van der Waals surface area (Å²) in [4.78, 5) is 6.96. The topological polar surface area (TPSA) is 37.4 Å². The van der Waals surface area contributed by atoms with E-state index in [9.17, 15) is 0 Å². The lowest BCUT2D eigenvalue weighted by Crippen LogP contribution is -2.35. The van der Waals surface area contributed by atoms with Crippen molar-refractivity contribution < 1.29 is 4.74 Å². The Kier molecular flexibility index (Phi) is 6.37. The van der Waals surface area contributed by atoms with E-state index in [2.05, 4.69) is 57.0 Å². The number of hydrogen-bond donors (Lipinski definition) is 1. The summed E-state index contributed by atoms with van der Waals surface area (Å²) in [6.07, 6.45) is 1.16. The molecule has 2 heterocycles. The van der Waals surface area contributed by atoms with Gasteiger partial charge in [-0.25, -0.2) is 4.98 Å². The largest absolute Gasteiger partial charge is 0.487 e. The van der Waals surface area contributed by atoms with E-state index in [0.717, 1.165) is 55.6 Å². The first-order valence-electron chi connectivity index (χ1n) is 9.89. The predicted octanol–water partition coefficient (Wildman–Crippen LogP) is 4.18. The normalized spacial score (nSPS) is 14.0. The molecule has 2 aromatic carbocycles. The van der Waals surface area contributed by atoms with E-state index < -0.39 is 0 Å². The molecular formula is C23H27N3OS. The van der Waals surface area contributed by atoms with Crippen LogP contribution in [0.3, 0.4) is 0 Å². The third-order valence-electron chi connectivity index (χ3n) is 5.12. The second-order valence-corrected chi connectivity index (χ2v) is 8.32. The van der Waals surface area contributed by atoms with Gasteiger partial charge in [-0.05, 0) is 42.2 Å². The molecule has 1 N–H and O–H groups in total. The van der Waals surface area contributed by atoms with Crippen molar-refractivity contribution in [3.05, 3.63) is 81.3 Å².